The second-order valence-electron chi connectivity index (χ2n) is 4.41. The molecule has 0 saturated carbocycles. The molecule has 0 fully saturated rings. The minimum atomic E-state index is -0.702. The minimum Gasteiger partial charge on any atom is -0.368 e. The van der Waals surface area contributed by atoms with Crippen LogP contribution in [-0.4, -0.2) is 11.4 Å². The predicted octanol–water partition coefficient (Wildman–Crippen LogP) is 2.00. The topological polar surface area (TPSA) is 55.1 Å². The fraction of sp³-hybridized carbons (Fsp3) is 0.417. The Labute approximate surface area is 101 Å². The van der Waals surface area contributed by atoms with Crippen molar-refractivity contribution in [2.75, 3.05) is 0 Å². The minimum absolute atomic E-state index is 0.362. The molecule has 0 radical (unpaired) electrons. The summed E-state index contributed by atoms with van der Waals surface area (Å²) in [5.74, 6) is -0.362. The van der Waals surface area contributed by atoms with Gasteiger partial charge in [-0.1, -0.05) is 17.7 Å². The van der Waals surface area contributed by atoms with Crippen molar-refractivity contribution in [1.29, 1.82) is 0 Å². The van der Waals surface area contributed by atoms with E-state index in [2.05, 4.69) is 5.32 Å². The van der Waals surface area contributed by atoms with Crippen LogP contribution in [0.4, 0.5) is 0 Å². The lowest BCUT2D eigenvalue weighted by molar-refractivity contribution is -0.123. The van der Waals surface area contributed by atoms with Crippen LogP contribution in [0, 0.1) is 6.92 Å². The first-order valence-corrected chi connectivity index (χ1v) is 5.50. The van der Waals surface area contributed by atoms with Crippen LogP contribution in [0.5, 0.6) is 0 Å². The molecule has 16 heavy (non-hydrogen) atoms. The number of hydrogen-bond donors (Lipinski definition) is 2. The Kier molecular flexibility index (Phi) is 3.94. The fourth-order valence-corrected chi connectivity index (χ4v) is 1.49. The Hall–Kier alpha value is -1.06. The van der Waals surface area contributed by atoms with Gasteiger partial charge in [0.05, 0.1) is 5.54 Å². The zero-order valence-corrected chi connectivity index (χ0v) is 10.6. The number of nitrogens with one attached hydrogen (secondary N) is 1. The predicted molar refractivity (Wildman–Crippen MR) is 66.3 cm³/mol. The van der Waals surface area contributed by atoms with E-state index in [1.54, 1.807) is 13.8 Å². The van der Waals surface area contributed by atoms with Gasteiger partial charge in [0.1, 0.15) is 0 Å². The van der Waals surface area contributed by atoms with Crippen molar-refractivity contribution in [3.8, 4) is 0 Å². The SMILES string of the molecule is Cc1cc(Cl)ccc1CNC(C)(C)C(N)=O. The lowest BCUT2D eigenvalue weighted by atomic mass is 10.0. The fourth-order valence-electron chi connectivity index (χ4n) is 1.26. The summed E-state index contributed by atoms with van der Waals surface area (Å²) in [5.41, 5.74) is 6.78. The second-order valence-corrected chi connectivity index (χ2v) is 4.85. The van der Waals surface area contributed by atoms with E-state index in [9.17, 15) is 4.79 Å². The second kappa shape index (κ2) is 4.85. The molecule has 3 N–H and O–H groups in total. The maximum Gasteiger partial charge on any atom is 0.237 e. The largest absolute Gasteiger partial charge is 0.368 e. The number of carbonyl (C=O) groups is 1. The molecule has 1 rings (SSSR count). The van der Waals surface area contributed by atoms with Crippen LogP contribution in [0.2, 0.25) is 5.02 Å². The van der Waals surface area contributed by atoms with E-state index in [4.69, 9.17) is 17.3 Å². The van der Waals surface area contributed by atoms with Crippen molar-refractivity contribution in [2.45, 2.75) is 32.9 Å². The quantitative estimate of drug-likeness (QED) is 0.846. The van der Waals surface area contributed by atoms with Crippen molar-refractivity contribution in [1.82, 2.24) is 5.32 Å². The highest BCUT2D eigenvalue weighted by Crippen LogP contribution is 2.15. The molecule has 0 aliphatic carbocycles. The Morgan fingerprint density at radius 1 is 1.50 bits per heavy atom. The smallest absolute Gasteiger partial charge is 0.237 e. The van der Waals surface area contributed by atoms with Gasteiger partial charge in [0.15, 0.2) is 0 Å². The van der Waals surface area contributed by atoms with Gasteiger partial charge in [0.2, 0.25) is 5.91 Å². The van der Waals surface area contributed by atoms with E-state index >= 15 is 0 Å². The average Bonchev–Trinajstić information content (AvgIpc) is 2.16. The summed E-state index contributed by atoms with van der Waals surface area (Å²) in [4.78, 5) is 11.1. The molecule has 88 valence electrons. The summed E-state index contributed by atoms with van der Waals surface area (Å²) >= 11 is 5.86. The first-order chi connectivity index (χ1) is 7.33. The van der Waals surface area contributed by atoms with E-state index in [0.717, 1.165) is 16.1 Å². The van der Waals surface area contributed by atoms with Crippen LogP contribution < -0.4 is 11.1 Å². The van der Waals surface area contributed by atoms with Crippen molar-refractivity contribution in [3.05, 3.63) is 34.3 Å². The van der Waals surface area contributed by atoms with Crippen molar-refractivity contribution >= 4 is 17.5 Å². The summed E-state index contributed by atoms with van der Waals surface area (Å²) in [6, 6.07) is 5.68. The van der Waals surface area contributed by atoms with Crippen LogP contribution in [-0.2, 0) is 11.3 Å². The lowest BCUT2D eigenvalue weighted by Crippen LogP contribution is -2.50. The Morgan fingerprint density at radius 3 is 2.62 bits per heavy atom. The number of rotatable bonds is 4. The number of aryl methyl sites for hydroxylation is 1. The number of amides is 1. The molecule has 1 aromatic carbocycles. The molecule has 0 aliphatic heterocycles. The third-order valence-electron chi connectivity index (χ3n) is 2.64. The molecule has 0 bridgehead atoms. The molecule has 1 aromatic rings. The van der Waals surface area contributed by atoms with Gasteiger partial charge in [-0.05, 0) is 44.0 Å². The Morgan fingerprint density at radius 2 is 2.12 bits per heavy atom. The van der Waals surface area contributed by atoms with Crippen molar-refractivity contribution in [2.24, 2.45) is 5.73 Å². The van der Waals surface area contributed by atoms with E-state index < -0.39 is 5.54 Å². The van der Waals surface area contributed by atoms with Crippen LogP contribution >= 0.6 is 11.6 Å². The average molecular weight is 241 g/mol. The number of benzene rings is 1. The van der Waals surface area contributed by atoms with E-state index in [1.165, 1.54) is 0 Å². The first kappa shape index (κ1) is 13.0. The van der Waals surface area contributed by atoms with Crippen LogP contribution in [0.25, 0.3) is 0 Å². The number of halogens is 1. The number of carbonyl (C=O) groups excluding carboxylic acids is 1. The molecule has 4 heteroatoms. The van der Waals surface area contributed by atoms with Gasteiger partial charge in [-0.2, -0.15) is 0 Å². The summed E-state index contributed by atoms with van der Waals surface area (Å²) in [5, 5.41) is 3.84. The number of nitrogens with two attached hydrogens (primary N) is 1. The molecule has 0 atom stereocenters. The Balaban J connectivity index is 2.72. The lowest BCUT2D eigenvalue weighted by Gasteiger charge is -2.22. The van der Waals surface area contributed by atoms with E-state index in [-0.39, 0.29) is 5.91 Å². The molecule has 3 nitrogen and oxygen atoms in total. The zero-order chi connectivity index (χ0) is 12.3. The number of hydrogen-bond acceptors (Lipinski definition) is 2. The summed E-state index contributed by atoms with van der Waals surface area (Å²) in [6.07, 6.45) is 0. The summed E-state index contributed by atoms with van der Waals surface area (Å²) in [6.45, 7) is 6.11. The normalized spacial score (nSPS) is 11.5. The highest BCUT2D eigenvalue weighted by atomic mass is 35.5. The van der Waals surface area contributed by atoms with Crippen molar-refractivity contribution < 1.29 is 4.79 Å². The summed E-state index contributed by atoms with van der Waals surface area (Å²) in [7, 11) is 0. The van der Waals surface area contributed by atoms with Gasteiger partial charge in [-0.15, -0.1) is 0 Å². The van der Waals surface area contributed by atoms with Gasteiger partial charge in [0, 0.05) is 11.6 Å². The first-order valence-electron chi connectivity index (χ1n) is 5.13. The van der Waals surface area contributed by atoms with Gasteiger partial charge in [-0.3, -0.25) is 10.1 Å². The standard InChI is InChI=1S/C12H17ClN2O/c1-8-6-10(13)5-4-9(8)7-15-12(2,3)11(14)16/h4-6,15H,7H2,1-3H3,(H2,14,16). The molecule has 1 amide bonds. The maximum atomic E-state index is 11.1. The molecular formula is C12H17ClN2O. The maximum absolute atomic E-state index is 11.1. The molecule has 0 saturated heterocycles. The molecule has 0 aromatic heterocycles. The van der Waals surface area contributed by atoms with Crippen molar-refractivity contribution in [3.63, 3.8) is 0 Å². The van der Waals surface area contributed by atoms with E-state index in [1.807, 2.05) is 25.1 Å². The zero-order valence-electron chi connectivity index (χ0n) is 9.80. The molecule has 0 spiro atoms. The van der Waals surface area contributed by atoms with Crippen LogP contribution in [0.3, 0.4) is 0 Å². The van der Waals surface area contributed by atoms with Gasteiger partial charge in [0.25, 0.3) is 0 Å². The monoisotopic (exact) mass is 240 g/mol. The highest BCUT2D eigenvalue weighted by Gasteiger charge is 2.23. The molecule has 0 aliphatic rings. The highest BCUT2D eigenvalue weighted by molar-refractivity contribution is 6.30. The van der Waals surface area contributed by atoms with Crippen LogP contribution in [0.1, 0.15) is 25.0 Å². The number of primary amides is 1. The third-order valence-corrected chi connectivity index (χ3v) is 2.88. The van der Waals surface area contributed by atoms with E-state index in [0.29, 0.717) is 6.54 Å². The van der Waals surface area contributed by atoms with Gasteiger partial charge < -0.3 is 5.73 Å². The van der Waals surface area contributed by atoms with Gasteiger partial charge >= 0.3 is 0 Å². The Bertz CT molecular complexity index is 402. The molecular weight excluding hydrogens is 224 g/mol. The van der Waals surface area contributed by atoms with Crippen LogP contribution in [0.15, 0.2) is 18.2 Å². The molecule has 0 heterocycles. The molecule has 0 unspecified atom stereocenters. The van der Waals surface area contributed by atoms with Gasteiger partial charge in [-0.25, -0.2) is 0 Å². The summed E-state index contributed by atoms with van der Waals surface area (Å²) < 4.78 is 0. The third kappa shape index (κ3) is 3.22.